The molecule has 4 nitrogen and oxygen atoms in total. The van der Waals surface area contributed by atoms with E-state index >= 15 is 0 Å². The zero-order valence-corrected chi connectivity index (χ0v) is 15.2. The van der Waals surface area contributed by atoms with Crippen LogP contribution in [0, 0.1) is 19.7 Å². The first-order valence-electron chi connectivity index (χ1n) is 8.25. The maximum atomic E-state index is 13.9. The van der Waals surface area contributed by atoms with Crippen molar-refractivity contribution in [3.8, 4) is 0 Å². The van der Waals surface area contributed by atoms with Gasteiger partial charge in [-0.3, -0.25) is 4.68 Å². The summed E-state index contributed by atoms with van der Waals surface area (Å²) < 4.78 is 28.0. The molecule has 0 unspecified atom stereocenters. The lowest BCUT2D eigenvalue weighted by Crippen LogP contribution is -2.41. The molecular formula is C18H24BFN2O2. The fourth-order valence-corrected chi connectivity index (χ4v) is 2.95. The molecule has 128 valence electrons. The van der Waals surface area contributed by atoms with E-state index in [0.717, 1.165) is 16.9 Å². The molecule has 2 aromatic rings. The molecule has 0 aliphatic carbocycles. The highest BCUT2D eigenvalue weighted by Crippen LogP contribution is 2.36. The second kappa shape index (κ2) is 5.71. The van der Waals surface area contributed by atoms with E-state index in [1.807, 2.05) is 52.3 Å². The highest BCUT2D eigenvalue weighted by atomic mass is 19.1. The average molecular weight is 330 g/mol. The maximum Gasteiger partial charge on any atom is 0.498 e. The van der Waals surface area contributed by atoms with E-state index in [9.17, 15) is 4.39 Å². The molecule has 0 atom stereocenters. The Morgan fingerprint density at radius 3 is 2.25 bits per heavy atom. The molecule has 0 amide bonds. The van der Waals surface area contributed by atoms with E-state index in [-0.39, 0.29) is 5.82 Å². The van der Waals surface area contributed by atoms with Gasteiger partial charge in [-0.25, -0.2) is 4.39 Å². The summed E-state index contributed by atoms with van der Waals surface area (Å²) in [4.78, 5) is 0. The Hall–Kier alpha value is -1.66. The van der Waals surface area contributed by atoms with Crippen LogP contribution < -0.4 is 5.46 Å². The van der Waals surface area contributed by atoms with Crippen molar-refractivity contribution in [3.05, 3.63) is 47.0 Å². The second-order valence-electron chi connectivity index (χ2n) is 7.42. The van der Waals surface area contributed by atoms with E-state index in [1.54, 1.807) is 12.1 Å². The summed E-state index contributed by atoms with van der Waals surface area (Å²) in [5, 5.41) is 4.58. The summed E-state index contributed by atoms with van der Waals surface area (Å²) in [7, 11) is -0.454. The minimum absolute atomic E-state index is 0.220. The normalized spacial score (nSPS) is 19.0. The maximum absolute atomic E-state index is 13.9. The molecule has 6 heteroatoms. The smallest absolute Gasteiger partial charge is 0.399 e. The standard InChI is InChI=1S/C18H24BFN2O2/c1-12-16(19-23-17(3,4)18(5,6)24-19)13(2)22(21-12)11-14-9-7-8-10-15(14)20/h7-10H,11H2,1-6H3. The molecule has 3 rings (SSSR count). The number of halogens is 1. The monoisotopic (exact) mass is 330 g/mol. The fourth-order valence-electron chi connectivity index (χ4n) is 2.95. The van der Waals surface area contributed by atoms with Crippen molar-refractivity contribution in [2.75, 3.05) is 0 Å². The van der Waals surface area contributed by atoms with Gasteiger partial charge in [0.25, 0.3) is 0 Å². The first kappa shape index (κ1) is 17.2. The molecular weight excluding hydrogens is 306 g/mol. The number of benzene rings is 1. The van der Waals surface area contributed by atoms with E-state index in [0.29, 0.717) is 12.1 Å². The number of aromatic nitrogens is 2. The lowest BCUT2D eigenvalue weighted by atomic mass is 9.77. The molecule has 0 N–H and O–H groups in total. The number of aryl methyl sites for hydroxylation is 1. The Bertz CT molecular complexity index is 754. The van der Waals surface area contributed by atoms with Crippen molar-refractivity contribution >= 4 is 12.6 Å². The molecule has 0 bridgehead atoms. The summed E-state index contributed by atoms with van der Waals surface area (Å²) in [6.07, 6.45) is 0. The SMILES string of the molecule is Cc1nn(Cc2ccccc2F)c(C)c1B1OC(C)(C)C(C)(C)O1. The molecule has 1 aliphatic rings. The quantitative estimate of drug-likeness (QED) is 0.812. The van der Waals surface area contributed by atoms with Crippen molar-refractivity contribution in [2.45, 2.75) is 59.3 Å². The third-order valence-electron chi connectivity index (χ3n) is 5.20. The van der Waals surface area contributed by atoms with Gasteiger partial charge in [0.2, 0.25) is 0 Å². The summed E-state index contributed by atoms with van der Waals surface area (Å²) in [5.41, 5.74) is 2.54. The van der Waals surface area contributed by atoms with Crippen LogP contribution in [0.25, 0.3) is 0 Å². The first-order valence-corrected chi connectivity index (χ1v) is 8.25. The van der Waals surface area contributed by atoms with Gasteiger partial charge in [0.1, 0.15) is 5.82 Å². The second-order valence-corrected chi connectivity index (χ2v) is 7.42. The molecule has 1 saturated heterocycles. The van der Waals surface area contributed by atoms with Crippen LogP contribution in [0.3, 0.4) is 0 Å². The van der Waals surface area contributed by atoms with Crippen LogP contribution >= 0.6 is 0 Å². The molecule has 1 aromatic carbocycles. The Morgan fingerprint density at radius 2 is 1.67 bits per heavy atom. The Labute approximate surface area is 143 Å². The molecule has 1 aliphatic heterocycles. The zero-order valence-electron chi connectivity index (χ0n) is 15.2. The summed E-state index contributed by atoms with van der Waals surface area (Å²) in [5.74, 6) is -0.220. The van der Waals surface area contributed by atoms with Crippen LogP contribution in [0.2, 0.25) is 0 Å². The van der Waals surface area contributed by atoms with E-state index in [1.165, 1.54) is 6.07 Å². The summed E-state index contributed by atoms with van der Waals surface area (Å²) >= 11 is 0. The highest BCUT2D eigenvalue weighted by molar-refractivity contribution is 6.63. The molecule has 2 heterocycles. The van der Waals surface area contributed by atoms with Crippen molar-refractivity contribution in [1.82, 2.24) is 9.78 Å². The average Bonchev–Trinajstić information content (AvgIpc) is 2.85. The van der Waals surface area contributed by atoms with Gasteiger partial charge in [0.05, 0.1) is 23.4 Å². The van der Waals surface area contributed by atoms with Crippen LogP contribution in [0.15, 0.2) is 24.3 Å². The van der Waals surface area contributed by atoms with E-state index in [4.69, 9.17) is 9.31 Å². The van der Waals surface area contributed by atoms with Crippen LogP contribution in [0.5, 0.6) is 0 Å². The lowest BCUT2D eigenvalue weighted by Gasteiger charge is -2.32. The van der Waals surface area contributed by atoms with Crippen molar-refractivity contribution in [3.63, 3.8) is 0 Å². The molecule has 0 saturated carbocycles. The molecule has 1 fully saturated rings. The van der Waals surface area contributed by atoms with Gasteiger partial charge in [-0.1, -0.05) is 18.2 Å². The van der Waals surface area contributed by atoms with Gasteiger partial charge in [0, 0.05) is 16.7 Å². The third kappa shape index (κ3) is 2.78. The predicted molar refractivity (Wildman–Crippen MR) is 92.9 cm³/mol. The predicted octanol–water partition coefficient (Wildman–Crippen LogP) is 2.99. The van der Waals surface area contributed by atoms with Gasteiger partial charge in [-0.2, -0.15) is 5.10 Å². The van der Waals surface area contributed by atoms with Crippen molar-refractivity contribution in [1.29, 1.82) is 0 Å². The number of hydrogen-bond donors (Lipinski definition) is 0. The first-order chi connectivity index (χ1) is 11.1. The summed E-state index contributed by atoms with van der Waals surface area (Å²) in [6.45, 7) is 12.4. The highest BCUT2D eigenvalue weighted by Gasteiger charge is 2.53. The molecule has 1 aromatic heterocycles. The molecule has 0 spiro atoms. The number of hydrogen-bond acceptors (Lipinski definition) is 3. The molecule has 24 heavy (non-hydrogen) atoms. The van der Waals surface area contributed by atoms with Crippen molar-refractivity contribution in [2.24, 2.45) is 0 Å². The molecule has 0 radical (unpaired) electrons. The van der Waals surface area contributed by atoms with Crippen LogP contribution in [0.1, 0.15) is 44.6 Å². The fraction of sp³-hybridized carbons (Fsp3) is 0.500. The number of nitrogens with zero attached hydrogens (tertiary/aromatic N) is 2. The Kier molecular flexibility index (Phi) is 4.08. The van der Waals surface area contributed by atoms with E-state index in [2.05, 4.69) is 5.10 Å². The van der Waals surface area contributed by atoms with E-state index < -0.39 is 18.3 Å². The lowest BCUT2D eigenvalue weighted by molar-refractivity contribution is 0.00578. The van der Waals surface area contributed by atoms with Crippen molar-refractivity contribution < 1.29 is 13.7 Å². The largest absolute Gasteiger partial charge is 0.498 e. The van der Waals surface area contributed by atoms with Crippen LogP contribution in [-0.4, -0.2) is 28.1 Å². The minimum Gasteiger partial charge on any atom is -0.399 e. The topological polar surface area (TPSA) is 36.3 Å². The van der Waals surface area contributed by atoms with Gasteiger partial charge in [0.15, 0.2) is 0 Å². The third-order valence-corrected chi connectivity index (χ3v) is 5.20. The van der Waals surface area contributed by atoms with Crippen LogP contribution in [-0.2, 0) is 15.9 Å². The zero-order chi connectivity index (χ0) is 17.7. The Morgan fingerprint density at radius 1 is 1.08 bits per heavy atom. The number of rotatable bonds is 3. The summed E-state index contributed by atoms with van der Waals surface area (Å²) in [6, 6.07) is 6.77. The Balaban J connectivity index is 1.92. The van der Waals surface area contributed by atoms with Gasteiger partial charge in [-0.05, 0) is 47.6 Å². The van der Waals surface area contributed by atoms with Gasteiger partial charge >= 0.3 is 7.12 Å². The van der Waals surface area contributed by atoms with Gasteiger partial charge < -0.3 is 9.31 Å². The minimum atomic E-state index is -0.454. The van der Waals surface area contributed by atoms with Gasteiger partial charge in [-0.15, -0.1) is 0 Å². The van der Waals surface area contributed by atoms with Crippen LogP contribution in [0.4, 0.5) is 4.39 Å².